The molecule has 0 fully saturated rings. The molecule has 0 saturated heterocycles. The second-order valence-electron chi connectivity index (χ2n) is 6.22. The Labute approximate surface area is 178 Å². The summed E-state index contributed by atoms with van der Waals surface area (Å²) >= 11 is 14.2. The van der Waals surface area contributed by atoms with E-state index in [4.69, 9.17) is 23.2 Å². The van der Waals surface area contributed by atoms with Gasteiger partial charge in [0, 0.05) is 27.9 Å². The molecule has 1 heterocycles. The van der Waals surface area contributed by atoms with Gasteiger partial charge in [0.05, 0.1) is 0 Å². The number of nitrogens with zero attached hydrogens (tertiary/aromatic N) is 3. The quantitative estimate of drug-likeness (QED) is 0.332. The van der Waals surface area contributed by atoms with Gasteiger partial charge in [-0.3, -0.25) is 4.57 Å². The molecule has 0 aliphatic rings. The van der Waals surface area contributed by atoms with E-state index < -0.39 is 0 Å². The first-order valence-corrected chi connectivity index (χ1v) is 10.6. The summed E-state index contributed by atoms with van der Waals surface area (Å²) in [6.07, 6.45) is 0.705. The summed E-state index contributed by atoms with van der Waals surface area (Å²) in [6.45, 7) is 0. The lowest BCUT2D eigenvalue weighted by Crippen LogP contribution is -2.03. The summed E-state index contributed by atoms with van der Waals surface area (Å²) in [5, 5.41) is 11.1. The van der Waals surface area contributed by atoms with Crippen LogP contribution in [-0.4, -0.2) is 14.8 Å². The number of para-hydroxylation sites is 1. The van der Waals surface area contributed by atoms with E-state index in [1.165, 1.54) is 5.56 Å². The van der Waals surface area contributed by atoms with Gasteiger partial charge in [0.25, 0.3) is 0 Å². The summed E-state index contributed by atoms with van der Waals surface area (Å²) in [6, 6.07) is 26.0. The Hall–Kier alpha value is -2.27. The summed E-state index contributed by atoms with van der Waals surface area (Å²) in [5.74, 6) is 1.51. The number of halogens is 2. The highest BCUT2D eigenvalue weighted by Crippen LogP contribution is 2.32. The topological polar surface area (TPSA) is 30.7 Å². The van der Waals surface area contributed by atoms with Crippen LogP contribution in [0.3, 0.4) is 0 Å². The van der Waals surface area contributed by atoms with Crippen LogP contribution in [0.2, 0.25) is 10.0 Å². The maximum Gasteiger partial charge on any atom is 0.196 e. The third kappa shape index (κ3) is 4.25. The molecule has 3 nitrogen and oxygen atoms in total. The van der Waals surface area contributed by atoms with Gasteiger partial charge in [-0.05, 0) is 35.4 Å². The fraction of sp³-hybridized carbons (Fsp3) is 0.0909. The van der Waals surface area contributed by atoms with Crippen molar-refractivity contribution in [2.45, 2.75) is 17.3 Å². The van der Waals surface area contributed by atoms with Crippen molar-refractivity contribution in [3.05, 3.63) is 106 Å². The Balaban J connectivity index is 1.67. The normalized spacial score (nSPS) is 10.9. The zero-order chi connectivity index (χ0) is 19.3. The molecule has 28 heavy (non-hydrogen) atoms. The second-order valence-corrected chi connectivity index (χ2v) is 7.98. The van der Waals surface area contributed by atoms with Gasteiger partial charge in [0.15, 0.2) is 5.16 Å². The molecule has 0 N–H and O–H groups in total. The first kappa shape index (κ1) is 19.1. The molecule has 0 atom stereocenters. The fourth-order valence-electron chi connectivity index (χ4n) is 2.93. The minimum atomic E-state index is 0.620. The molecule has 4 rings (SSSR count). The van der Waals surface area contributed by atoms with Crippen molar-refractivity contribution in [1.82, 2.24) is 14.8 Å². The highest BCUT2D eigenvalue weighted by atomic mass is 35.5. The van der Waals surface area contributed by atoms with Crippen LogP contribution < -0.4 is 0 Å². The third-order valence-corrected chi connectivity index (χ3v) is 5.99. The maximum absolute atomic E-state index is 6.32. The van der Waals surface area contributed by atoms with E-state index in [1.54, 1.807) is 11.8 Å². The summed E-state index contributed by atoms with van der Waals surface area (Å²) in [4.78, 5) is 0. The monoisotopic (exact) mass is 425 g/mol. The lowest BCUT2D eigenvalue weighted by atomic mass is 10.1. The number of benzene rings is 3. The van der Waals surface area contributed by atoms with Gasteiger partial charge in [-0.2, -0.15) is 0 Å². The van der Waals surface area contributed by atoms with Gasteiger partial charge >= 0.3 is 0 Å². The average Bonchev–Trinajstić information content (AvgIpc) is 3.11. The molecule has 0 unspecified atom stereocenters. The predicted octanol–water partition coefficient (Wildman–Crippen LogP) is 6.46. The van der Waals surface area contributed by atoms with E-state index in [9.17, 15) is 0 Å². The smallest absolute Gasteiger partial charge is 0.196 e. The molecule has 140 valence electrons. The van der Waals surface area contributed by atoms with E-state index >= 15 is 0 Å². The lowest BCUT2D eigenvalue weighted by molar-refractivity contribution is 0.848. The Morgan fingerprint density at radius 3 is 2.07 bits per heavy atom. The molecule has 0 amide bonds. The van der Waals surface area contributed by atoms with E-state index in [1.807, 2.05) is 54.6 Å². The van der Waals surface area contributed by atoms with Crippen LogP contribution in [0.15, 0.2) is 84.0 Å². The zero-order valence-corrected chi connectivity index (χ0v) is 17.3. The van der Waals surface area contributed by atoms with Crippen molar-refractivity contribution in [3.63, 3.8) is 0 Å². The van der Waals surface area contributed by atoms with E-state index in [0.29, 0.717) is 22.2 Å². The average molecular weight is 426 g/mol. The Kier molecular flexibility index (Phi) is 6.01. The molecule has 0 bridgehead atoms. The third-order valence-electron chi connectivity index (χ3n) is 4.33. The van der Waals surface area contributed by atoms with Crippen molar-refractivity contribution in [1.29, 1.82) is 0 Å². The highest BCUT2D eigenvalue weighted by molar-refractivity contribution is 7.98. The molecule has 0 radical (unpaired) electrons. The molecular weight excluding hydrogens is 409 g/mol. The van der Waals surface area contributed by atoms with Crippen LogP contribution in [0.1, 0.15) is 17.0 Å². The minimum Gasteiger partial charge on any atom is -0.274 e. The second kappa shape index (κ2) is 8.82. The molecule has 6 heteroatoms. The number of hydrogen-bond acceptors (Lipinski definition) is 3. The Bertz CT molecular complexity index is 1050. The summed E-state index contributed by atoms with van der Waals surface area (Å²) in [5.41, 5.74) is 3.13. The molecule has 0 aliphatic heterocycles. The number of aromatic nitrogens is 3. The summed E-state index contributed by atoms with van der Waals surface area (Å²) < 4.78 is 2.10. The first-order chi connectivity index (χ1) is 13.7. The van der Waals surface area contributed by atoms with Crippen molar-refractivity contribution in [2.24, 2.45) is 0 Å². The molecule has 0 saturated carbocycles. The van der Waals surface area contributed by atoms with Crippen LogP contribution >= 0.6 is 35.0 Å². The van der Waals surface area contributed by atoms with E-state index in [0.717, 1.165) is 22.2 Å². The number of hydrogen-bond donors (Lipinski definition) is 0. The van der Waals surface area contributed by atoms with Crippen molar-refractivity contribution < 1.29 is 0 Å². The zero-order valence-electron chi connectivity index (χ0n) is 14.9. The molecule has 4 aromatic rings. The van der Waals surface area contributed by atoms with Gasteiger partial charge < -0.3 is 0 Å². The van der Waals surface area contributed by atoms with Crippen LogP contribution in [0.4, 0.5) is 0 Å². The van der Waals surface area contributed by atoms with Gasteiger partial charge in [-0.15, -0.1) is 10.2 Å². The molecule has 0 spiro atoms. The standard InChI is InChI=1S/C22H17Cl2N3S/c23-19-12-7-13-20(24)18(19)15-28-22-26-25-21(14-16-8-3-1-4-9-16)27(22)17-10-5-2-6-11-17/h1-13H,14-15H2. The largest absolute Gasteiger partial charge is 0.274 e. The van der Waals surface area contributed by atoms with Gasteiger partial charge in [-0.1, -0.05) is 89.6 Å². The SMILES string of the molecule is Clc1cccc(Cl)c1CSc1nnc(Cc2ccccc2)n1-c1ccccc1. The Morgan fingerprint density at radius 2 is 1.39 bits per heavy atom. The fourth-order valence-corrected chi connectivity index (χ4v) is 4.64. The van der Waals surface area contributed by atoms with Gasteiger partial charge in [-0.25, -0.2) is 0 Å². The van der Waals surface area contributed by atoms with Gasteiger partial charge in [0.1, 0.15) is 5.82 Å². The van der Waals surface area contributed by atoms with Crippen LogP contribution in [0, 0.1) is 0 Å². The van der Waals surface area contributed by atoms with Crippen LogP contribution in [0.5, 0.6) is 0 Å². The van der Waals surface area contributed by atoms with Crippen molar-refractivity contribution in [2.75, 3.05) is 0 Å². The molecule has 0 aliphatic carbocycles. The maximum atomic E-state index is 6.32. The lowest BCUT2D eigenvalue weighted by Gasteiger charge is -2.11. The Morgan fingerprint density at radius 1 is 0.750 bits per heavy atom. The van der Waals surface area contributed by atoms with Crippen LogP contribution in [0.25, 0.3) is 5.69 Å². The van der Waals surface area contributed by atoms with Gasteiger partial charge in [0.2, 0.25) is 0 Å². The summed E-state index contributed by atoms with van der Waals surface area (Å²) in [7, 11) is 0. The number of thioether (sulfide) groups is 1. The predicted molar refractivity (Wildman–Crippen MR) is 117 cm³/mol. The molecule has 1 aromatic heterocycles. The molecular formula is C22H17Cl2N3S. The number of rotatable bonds is 6. The van der Waals surface area contributed by atoms with Crippen LogP contribution in [-0.2, 0) is 12.2 Å². The minimum absolute atomic E-state index is 0.620. The molecule has 3 aromatic carbocycles. The van der Waals surface area contributed by atoms with Crippen molar-refractivity contribution >= 4 is 35.0 Å². The highest BCUT2D eigenvalue weighted by Gasteiger charge is 2.16. The van der Waals surface area contributed by atoms with E-state index in [-0.39, 0.29) is 0 Å². The first-order valence-electron chi connectivity index (χ1n) is 8.81. The van der Waals surface area contributed by atoms with Crippen molar-refractivity contribution in [3.8, 4) is 5.69 Å². The van der Waals surface area contributed by atoms with E-state index in [2.05, 4.69) is 39.0 Å².